The van der Waals surface area contributed by atoms with Gasteiger partial charge in [-0.1, -0.05) is 13.0 Å². The number of aryl methyl sites for hydroxylation is 2. The van der Waals surface area contributed by atoms with Crippen LogP contribution >= 0.6 is 0 Å². The molecular weight excluding hydrogens is 274 g/mol. The number of rotatable bonds is 3. The molecule has 2 aromatic heterocycles. The molecule has 0 amide bonds. The second kappa shape index (κ2) is 5.64. The monoisotopic (exact) mass is 293 g/mol. The smallest absolute Gasteiger partial charge is 0.275 e. The van der Waals surface area contributed by atoms with Crippen LogP contribution in [0.4, 0.5) is 0 Å². The molecule has 22 heavy (non-hydrogen) atoms. The van der Waals surface area contributed by atoms with Crippen molar-refractivity contribution in [3.63, 3.8) is 0 Å². The first kappa shape index (κ1) is 14.3. The standard InChI is InChI=1S/C18H19N3O/c1-4-16-17(14-6-5-9-19-11-14)20-21(18(16)22)15-8-7-12(2)13(3)10-15/h5-11,20H,4H2,1-3H3. The predicted octanol–water partition coefficient (Wildman–Crippen LogP) is 3.41. The highest BCUT2D eigenvalue weighted by Gasteiger charge is 2.15. The van der Waals surface area contributed by atoms with Crippen LogP contribution in [0.25, 0.3) is 16.9 Å². The highest BCUT2D eigenvalue weighted by Crippen LogP contribution is 2.21. The normalized spacial score (nSPS) is 10.9. The first-order valence-electron chi connectivity index (χ1n) is 7.43. The van der Waals surface area contributed by atoms with E-state index in [2.05, 4.69) is 23.9 Å². The van der Waals surface area contributed by atoms with E-state index in [0.717, 1.165) is 22.5 Å². The number of nitrogens with zero attached hydrogens (tertiary/aromatic N) is 2. The Hall–Kier alpha value is -2.62. The number of hydrogen-bond acceptors (Lipinski definition) is 2. The van der Waals surface area contributed by atoms with E-state index in [1.165, 1.54) is 11.1 Å². The number of aromatic nitrogens is 3. The summed E-state index contributed by atoms with van der Waals surface area (Å²) in [5.74, 6) is 0. The van der Waals surface area contributed by atoms with Gasteiger partial charge >= 0.3 is 0 Å². The summed E-state index contributed by atoms with van der Waals surface area (Å²) in [5, 5.41) is 3.24. The molecule has 1 N–H and O–H groups in total. The maximum absolute atomic E-state index is 12.7. The molecule has 2 heterocycles. The van der Waals surface area contributed by atoms with Crippen LogP contribution in [0.15, 0.2) is 47.5 Å². The number of hydrogen-bond donors (Lipinski definition) is 1. The Morgan fingerprint density at radius 3 is 2.64 bits per heavy atom. The summed E-state index contributed by atoms with van der Waals surface area (Å²) in [7, 11) is 0. The summed E-state index contributed by atoms with van der Waals surface area (Å²) in [5.41, 5.74) is 5.80. The zero-order chi connectivity index (χ0) is 15.7. The molecule has 0 saturated heterocycles. The van der Waals surface area contributed by atoms with Crippen molar-refractivity contribution in [3.8, 4) is 16.9 Å². The molecule has 0 aliphatic carbocycles. The number of pyridine rings is 1. The molecule has 0 spiro atoms. The molecule has 0 saturated carbocycles. The molecule has 3 aromatic rings. The molecular formula is C18H19N3O. The molecule has 0 fully saturated rings. The fourth-order valence-corrected chi connectivity index (χ4v) is 2.60. The third kappa shape index (κ3) is 2.37. The number of aromatic amines is 1. The molecule has 4 nitrogen and oxygen atoms in total. The second-order valence-corrected chi connectivity index (χ2v) is 5.47. The van der Waals surface area contributed by atoms with Gasteiger partial charge in [-0.2, -0.15) is 0 Å². The molecule has 0 atom stereocenters. The number of H-pyrrole nitrogens is 1. The highest BCUT2D eigenvalue weighted by atomic mass is 16.1. The van der Waals surface area contributed by atoms with E-state index in [1.807, 2.05) is 37.3 Å². The van der Waals surface area contributed by atoms with E-state index < -0.39 is 0 Å². The van der Waals surface area contributed by atoms with Gasteiger partial charge in [0.25, 0.3) is 5.56 Å². The average Bonchev–Trinajstić information content (AvgIpc) is 2.87. The van der Waals surface area contributed by atoms with Crippen molar-refractivity contribution in [1.82, 2.24) is 14.8 Å². The van der Waals surface area contributed by atoms with Gasteiger partial charge in [-0.15, -0.1) is 0 Å². The minimum absolute atomic E-state index is 0.00426. The maximum atomic E-state index is 12.7. The van der Waals surface area contributed by atoms with Crippen LogP contribution in [-0.4, -0.2) is 14.8 Å². The first-order chi connectivity index (χ1) is 10.6. The molecule has 112 valence electrons. The lowest BCUT2D eigenvalue weighted by molar-refractivity contribution is 0.847. The molecule has 0 unspecified atom stereocenters. The minimum Gasteiger partial charge on any atom is -0.290 e. The van der Waals surface area contributed by atoms with Gasteiger partial charge in [0.1, 0.15) is 0 Å². The molecule has 0 aliphatic rings. The lowest BCUT2D eigenvalue weighted by atomic mass is 10.1. The van der Waals surface area contributed by atoms with Gasteiger partial charge in [0.2, 0.25) is 0 Å². The summed E-state index contributed by atoms with van der Waals surface area (Å²) in [4.78, 5) is 16.8. The van der Waals surface area contributed by atoms with E-state index in [0.29, 0.717) is 6.42 Å². The van der Waals surface area contributed by atoms with Crippen molar-refractivity contribution in [1.29, 1.82) is 0 Å². The molecule has 4 heteroatoms. The van der Waals surface area contributed by atoms with Crippen LogP contribution in [0.1, 0.15) is 23.6 Å². The molecule has 1 aromatic carbocycles. The van der Waals surface area contributed by atoms with Crippen molar-refractivity contribution in [2.45, 2.75) is 27.2 Å². The van der Waals surface area contributed by atoms with E-state index in [9.17, 15) is 4.79 Å². The summed E-state index contributed by atoms with van der Waals surface area (Å²) in [6, 6.07) is 9.86. The fourth-order valence-electron chi connectivity index (χ4n) is 2.60. The van der Waals surface area contributed by atoms with Gasteiger partial charge in [-0.3, -0.25) is 14.9 Å². The minimum atomic E-state index is 0.00426. The van der Waals surface area contributed by atoms with Gasteiger partial charge in [0.15, 0.2) is 0 Å². The Bertz CT molecular complexity index is 860. The number of benzene rings is 1. The van der Waals surface area contributed by atoms with Crippen LogP contribution in [0.3, 0.4) is 0 Å². The fraction of sp³-hybridized carbons (Fsp3) is 0.222. The lowest BCUT2D eigenvalue weighted by Crippen LogP contribution is -2.17. The van der Waals surface area contributed by atoms with E-state index in [4.69, 9.17) is 0 Å². The van der Waals surface area contributed by atoms with Gasteiger partial charge in [-0.25, -0.2) is 4.68 Å². The van der Waals surface area contributed by atoms with Gasteiger partial charge in [0, 0.05) is 23.5 Å². The van der Waals surface area contributed by atoms with Crippen LogP contribution in [0, 0.1) is 13.8 Å². The Morgan fingerprint density at radius 2 is 2.00 bits per heavy atom. The van der Waals surface area contributed by atoms with Crippen molar-refractivity contribution in [3.05, 3.63) is 69.8 Å². The van der Waals surface area contributed by atoms with E-state index in [-0.39, 0.29) is 5.56 Å². The maximum Gasteiger partial charge on any atom is 0.275 e. The summed E-state index contributed by atoms with van der Waals surface area (Å²) < 4.78 is 1.62. The van der Waals surface area contributed by atoms with E-state index in [1.54, 1.807) is 17.1 Å². The predicted molar refractivity (Wildman–Crippen MR) is 88.5 cm³/mol. The summed E-state index contributed by atoms with van der Waals surface area (Å²) in [6.45, 7) is 6.11. The van der Waals surface area contributed by atoms with Crippen LogP contribution in [0.2, 0.25) is 0 Å². The highest BCUT2D eigenvalue weighted by molar-refractivity contribution is 5.62. The number of nitrogens with one attached hydrogen (secondary N) is 1. The largest absolute Gasteiger partial charge is 0.290 e. The Morgan fingerprint density at radius 1 is 1.18 bits per heavy atom. The van der Waals surface area contributed by atoms with Crippen molar-refractivity contribution >= 4 is 0 Å². The van der Waals surface area contributed by atoms with Gasteiger partial charge in [-0.05, 0) is 55.7 Å². The molecule has 0 radical (unpaired) electrons. The quantitative estimate of drug-likeness (QED) is 0.804. The molecule has 0 aliphatic heterocycles. The van der Waals surface area contributed by atoms with Crippen molar-refractivity contribution in [2.24, 2.45) is 0 Å². The lowest BCUT2D eigenvalue weighted by Gasteiger charge is -2.05. The summed E-state index contributed by atoms with van der Waals surface area (Å²) >= 11 is 0. The van der Waals surface area contributed by atoms with Crippen molar-refractivity contribution < 1.29 is 0 Å². The zero-order valence-corrected chi connectivity index (χ0v) is 13.1. The zero-order valence-electron chi connectivity index (χ0n) is 13.1. The molecule has 3 rings (SSSR count). The SMILES string of the molecule is CCc1c(-c2cccnc2)[nH]n(-c2ccc(C)c(C)c2)c1=O. The third-order valence-corrected chi connectivity index (χ3v) is 4.04. The van der Waals surface area contributed by atoms with Crippen molar-refractivity contribution in [2.75, 3.05) is 0 Å². The Labute approximate surface area is 129 Å². The average molecular weight is 293 g/mol. The first-order valence-corrected chi connectivity index (χ1v) is 7.43. The van der Waals surface area contributed by atoms with E-state index >= 15 is 0 Å². The Kier molecular flexibility index (Phi) is 3.67. The Balaban J connectivity index is 2.20. The van der Waals surface area contributed by atoms with Crippen LogP contribution < -0.4 is 5.56 Å². The second-order valence-electron chi connectivity index (χ2n) is 5.47. The van der Waals surface area contributed by atoms with Gasteiger partial charge in [0.05, 0.1) is 11.4 Å². The van der Waals surface area contributed by atoms with Gasteiger partial charge < -0.3 is 0 Å². The third-order valence-electron chi connectivity index (χ3n) is 4.04. The summed E-state index contributed by atoms with van der Waals surface area (Å²) in [6.07, 6.45) is 4.18. The topological polar surface area (TPSA) is 50.7 Å². The molecule has 0 bridgehead atoms. The van der Waals surface area contributed by atoms with Crippen LogP contribution in [-0.2, 0) is 6.42 Å². The van der Waals surface area contributed by atoms with Crippen LogP contribution in [0.5, 0.6) is 0 Å².